The largest absolute Gasteiger partial charge is 0.273 e. The lowest BCUT2D eigenvalue weighted by Gasteiger charge is -2.20. The van der Waals surface area contributed by atoms with Crippen LogP contribution in [0.5, 0.6) is 0 Å². The maximum absolute atomic E-state index is 12.9. The molecule has 0 amide bonds. The Hall–Kier alpha value is -2.25. The van der Waals surface area contributed by atoms with Gasteiger partial charge in [-0.1, -0.05) is 35.9 Å². The summed E-state index contributed by atoms with van der Waals surface area (Å²) in [7, 11) is -2.31. The molecule has 0 saturated carbocycles. The van der Waals surface area contributed by atoms with Crippen molar-refractivity contribution in [2.45, 2.75) is 32.2 Å². The Labute approximate surface area is 141 Å². The molecule has 0 saturated heterocycles. The van der Waals surface area contributed by atoms with E-state index in [-0.39, 0.29) is 17.1 Å². The van der Waals surface area contributed by atoms with E-state index in [9.17, 15) is 18.5 Å². The number of nitro benzene ring substituents is 1. The van der Waals surface area contributed by atoms with Crippen LogP contribution in [0.4, 0.5) is 5.69 Å². The zero-order valence-corrected chi connectivity index (χ0v) is 14.9. The van der Waals surface area contributed by atoms with E-state index < -0.39 is 14.9 Å². The van der Waals surface area contributed by atoms with Crippen molar-refractivity contribution in [3.8, 4) is 0 Å². The Bertz CT molecular complexity index is 868. The minimum Gasteiger partial charge on any atom is -0.258 e. The van der Waals surface area contributed by atoms with Crippen LogP contribution in [0.1, 0.15) is 22.3 Å². The third kappa shape index (κ3) is 3.47. The second-order valence-electron chi connectivity index (χ2n) is 5.87. The molecule has 0 heterocycles. The van der Waals surface area contributed by atoms with Gasteiger partial charge in [0.2, 0.25) is 10.0 Å². The Morgan fingerprint density at radius 2 is 1.62 bits per heavy atom. The average molecular weight is 348 g/mol. The third-order valence-electron chi connectivity index (χ3n) is 3.85. The highest BCUT2D eigenvalue weighted by molar-refractivity contribution is 7.89. The fourth-order valence-electron chi connectivity index (χ4n) is 2.88. The van der Waals surface area contributed by atoms with Crippen LogP contribution in [0.2, 0.25) is 0 Å². The molecule has 0 atom stereocenters. The summed E-state index contributed by atoms with van der Waals surface area (Å²) in [6.45, 7) is 5.36. The van der Waals surface area contributed by atoms with Gasteiger partial charge in [-0.15, -0.1) is 0 Å². The molecule has 128 valence electrons. The Morgan fingerprint density at radius 3 is 2.17 bits per heavy atom. The monoisotopic (exact) mass is 348 g/mol. The number of sulfonamides is 1. The number of nitrogens with zero attached hydrogens (tertiary/aromatic N) is 2. The number of nitro groups is 1. The van der Waals surface area contributed by atoms with E-state index in [1.807, 2.05) is 19.1 Å². The summed E-state index contributed by atoms with van der Waals surface area (Å²) in [6.07, 6.45) is 0. The van der Waals surface area contributed by atoms with Crippen molar-refractivity contribution in [1.29, 1.82) is 0 Å². The smallest absolute Gasteiger partial charge is 0.258 e. The maximum Gasteiger partial charge on any atom is 0.273 e. The van der Waals surface area contributed by atoms with Crippen LogP contribution in [0, 0.1) is 30.9 Å². The van der Waals surface area contributed by atoms with E-state index in [0.717, 1.165) is 9.87 Å². The van der Waals surface area contributed by atoms with E-state index in [0.29, 0.717) is 16.7 Å². The average Bonchev–Trinajstić information content (AvgIpc) is 2.45. The van der Waals surface area contributed by atoms with Crippen LogP contribution in [-0.4, -0.2) is 24.7 Å². The normalized spacial score (nSPS) is 11.7. The lowest BCUT2D eigenvalue weighted by Crippen LogP contribution is -2.28. The van der Waals surface area contributed by atoms with Crippen molar-refractivity contribution in [3.05, 3.63) is 68.8 Å². The van der Waals surface area contributed by atoms with Crippen LogP contribution in [0.3, 0.4) is 0 Å². The van der Waals surface area contributed by atoms with Gasteiger partial charge in [-0.25, -0.2) is 8.42 Å². The van der Waals surface area contributed by atoms with Gasteiger partial charge >= 0.3 is 0 Å². The van der Waals surface area contributed by atoms with Gasteiger partial charge in [0.05, 0.1) is 9.82 Å². The molecule has 0 unspecified atom stereocenters. The van der Waals surface area contributed by atoms with E-state index >= 15 is 0 Å². The highest BCUT2D eigenvalue weighted by Crippen LogP contribution is 2.27. The molecule has 0 spiro atoms. The van der Waals surface area contributed by atoms with Gasteiger partial charge in [0.1, 0.15) is 0 Å². The molecule has 2 aromatic carbocycles. The second kappa shape index (κ2) is 6.70. The summed E-state index contributed by atoms with van der Waals surface area (Å²) in [5.74, 6) is 0. The van der Waals surface area contributed by atoms with E-state index in [4.69, 9.17) is 0 Å². The SMILES string of the molecule is Cc1cc(C)c(S(=O)(=O)N(C)Cc2ccccc2[N+](=O)[O-])c(C)c1. The highest BCUT2D eigenvalue weighted by atomic mass is 32.2. The molecule has 2 rings (SSSR count). The van der Waals surface area contributed by atoms with Crippen molar-refractivity contribution < 1.29 is 13.3 Å². The van der Waals surface area contributed by atoms with E-state index in [1.54, 1.807) is 32.0 Å². The summed E-state index contributed by atoms with van der Waals surface area (Å²) in [6, 6.07) is 9.80. The summed E-state index contributed by atoms with van der Waals surface area (Å²) in [5, 5.41) is 11.1. The number of benzene rings is 2. The minimum atomic E-state index is -3.75. The molecule has 0 aliphatic heterocycles. The molecule has 0 radical (unpaired) electrons. The molecule has 0 aliphatic rings. The van der Waals surface area contributed by atoms with Crippen LogP contribution in [0.25, 0.3) is 0 Å². The Kier molecular flexibility index (Phi) is 5.05. The standard InChI is InChI=1S/C17H20N2O4S/c1-12-9-13(2)17(14(3)10-12)24(22,23)18(4)11-15-7-5-6-8-16(15)19(20)21/h5-10H,11H2,1-4H3. The lowest BCUT2D eigenvalue weighted by molar-refractivity contribution is -0.385. The summed E-state index contributed by atoms with van der Waals surface area (Å²) in [4.78, 5) is 10.9. The zero-order valence-electron chi connectivity index (χ0n) is 14.1. The first-order valence-electron chi connectivity index (χ1n) is 7.41. The Balaban J connectivity index is 2.43. The van der Waals surface area contributed by atoms with Gasteiger partial charge < -0.3 is 0 Å². The summed E-state index contributed by atoms with van der Waals surface area (Å²) in [5.41, 5.74) is 2.60. The predicted octanol–water partition coefficient (Wildman–Crippen LogP) is 3.34. The first kappa shape index (κ1) is 18.1. The number of hydrogen-bond donors (Lipinski definition) is 0. The summed E-state index contributed by atoms with van der Waals surface area (Å²) >= 11 is 0. The van der Waals surface area contributed by atoms with Crippen LogP contribution < -0.4 is 0 Å². The number of aryl methyl sites for hydroxylation is 3. The lowest BCUT2D eigenvalue weighted by atomic mass is 10.1. The number of rotatable bonds is 5. The molecule has 6 nitrogen and oxygen atoms in total. The summed E-state index contributed by atoms with van der Waals surface area (Å²) < 4.78 is 27.0. The van der Waals surface area contributed by atoms with Crippen molar-refractivity contribution in [2.75, 3.05) is 7.05 Å². The molecule has 0 fully saturated rings. The number of para-hydroxylation sites is 1. The van der Waals surface area contributed by atoms with Gasteiger partial charge in [0.25, 0.3) is 5.69 Å². The maximum atomic E-state index is 12.9. The van der Waals surface area contributed by atoms with Gasteiger partial charge in [-0.05, 0) is 31.9 Å². The molecule has 7 heteroatoms. The molecule has 0 N–H and O–H groups in total. The van der Waals surface area contributed by atoms with Crippen LogP contribution in [0.15, 0.2) is 41.3 Å². The van der Waals surface area contributed by atoms with E-state index in [1.165, 1.54) is 13.1 Å². The van der Waals surface area contributed by atoms with Gasteiger partial charge in [0.15, 0.2) is 0 Å². The predicted molar refractivity (Wildman–Crippen MR) is 92.4 cm³/mol. The third-order valence-corrected chi connectivity index (χ3v) is 5.96. The fourth-order valence-corrected chi connectivity index (χ4v) is 4.43. The minimum absolute atomic E-state index is 0.0633. The van der Waals surface area contributed by atoms with Crippen molar-refractivity contribution in [2.24, 2.45) is 0 Å². The first-order chi connectivity index (χ1) is 11.1. The second-order valence-corrected chi connectivity index (χ2v) is 7.86. The molecule has 0 aliphatic carbocycles. The van der Waals surface area contributed by atoms with Gasteiger partial charge in [-0.2, -0.15) is 4.31 Å². The van der Waals surface area contributed by atoms with Crippen molar-refractivity contribution in [1.82, 2.24) is 4.31 Å². The van der Waals surface area contributed by atoms with Gasteiger partial charge in [0, 0.05) is 25.2 Å². The van der Waals surface area contributed by atoms with Crippen molar-refractivity contribution in [3.63, 3.8) is 0 Å². The quantitative estimate of drug-likeness (QED) is 0.613. The fraction of sp³-hybridized carbons (Fsp3) is 0.294. The van der Waals surface area contributed by atoms with Crippen LogP contribution >= 0.6 is 0 Å². The molecule has 24 heavy (non-hydrogen) atoms. The topological polar surface area (TPSA) is 80.5 Å². The number of hydrogen-bond acceptors (Lipinski definition) is 4. The Morgan fingerprint density at radius 1 is 1.08 bits per heavy atom. The zero-order chi connectivity index (χ0) is 18.1. The molecule has 0 bridgehead atoms. The van der Waals surface area contributed by atoms with E-state index in [2.05, 4.69) is 0 Å². The highest BCUT2D eigenvalue weighted by Gasteiger charge is 2.27. The molecular weight excluding hydrogens is 328 g/mol. The molecule has 2 aromatic rings. The molecule has 0 aromatic heterocycles. The van der Waals surface area contributed by atoms with Crippen molar-refractivity contribution >= 4 is 15.7 Å². The van der Waals surface area contributed by atoms with Crippen LogP contribution in [-0.2, 0) is 16.6 Å². The first-order valence-corrected chi connectivity index (χ1v) is 8.85. The molecular formula is C17H20N2O4S. The van der Waals surface area contributed by atoms with Gasteiger partial charge in [-0.3, -0.25) is 10.1 Å².